The van der Waals surface area contributed by atoms with Gasteiger partial charge >= 0.3 is 0 Å². The molecule has 3 aromatic rings. The molecule has 0 atom stereocenters. The summed E-state index contributed by atoms with van der Waals surface area (Å²) >= 11 is 0. The molecule has 0 aliphatic carbocycles. The zero-order valence-corrected chi connectivity index (χ0v) is 14.1. The highest BCUT2D eigenvalue weighted by Gasteiger charge is 2.16. The van der Waals surface area contributed by atoms with Crippen LogP contribution >= 0.6 is 0 Å². The van der Waals surface area contributed by atoms with Crippen molar-refractivity contribution in [3.63, 3.8) is 0 Å². The maximum absolute atomic E-state index is 12.2. The van der Waals surface area contributed by atoms with Crippen LogP contribution in [0.25, 0.3) is 11.1 Å². The number of carbonyl (C=O) groups excluding carboxylic acids is 1. The molecule has 6 nitrogen and oxygen atoms in total. The highest BCUT2D eigenvalue weighted by molar-refractivity contribution is 5.93. The molecule has 0 radical (unpaired) electrons. The van der Waals surface area contributed by atoms with Crippen LogP contribution in [0.15, 0.2) is 28.9 Å². The normalized spacial score (nSPS) is 10.8. The monoisotopic (exact) mass is 325 g/mol. The lowest BCUT2D eigenvalue weighted by Gasteiger charge is -2.12. The Balaban J connectivity index is 1.75. The van der Waals surface area contributed by atoms with Crippen molar-refractivity contribution < 1.29 is 13.9 Å². The van der Waals surface area contributed by atoms with Crippen LogP contribution in [-0.2, 0) is 4.79 Å². The first kappa shape index (κ1) is 16.0. The lowest BCUT2D eigenvalue weighted by atomic mass is 10.1. The summed E-state index contributed by atoms with van der Waals surface area (Å²) in [7, 11) is 0. The third-order valence-electron chi connectivity index (χ3n) is 4.02. The minimum absolute atomic E-state index is 0.135. The summed E-state index contributed by atoms with van der Waals surface area (Å²) in [6.07, 6.45) is 1.36. The summed E-state index contributed by atoms with van der Waals surface area (Å²) in [4.78, 5) is 20.4. The average Bonchev–Trinajstić information content (AvgIpc) is 2.84. The van der Waals surface area contributed by atoms with Crippen molar-refractivity contribution in [2.24, 2.45) is 0 Å². The van der Waals surface area contributed by atoms with Gasteiger partial charge in [-0.3, -0.25) is 4.79 Å². The molecule has 1 aromatic carbocycles. The summed E-state index contributed by atoms with van der Waals surface area (Å²) in [5, 5.41) is 3.59. The van der Waals surface area contributed by atoms with E-state index in [1.54, 1.807) is 0 Å². The first-order valence-corrected chi connectivity index (χ1v) is 7.67. The molecule has 24 heavy (non-hydrogen) atoms. The zero-order chi connectivity index (χ0) is 17.3. The van der Waals surface area contributed by atoms with Crippen molar-refractivity contribution in [3.05, 3.63) is 47.0 Å². The van der Waals surface area contributed by atoms with Gasteiger partial charge in [-0.15, -0.1) is 0 Å². The first-order chi connectivity index (χ1) is 11.5. The number of furan rings is 1. The van der Waals surface area contributed by atoms with E-state index in [4.69, 9.17) is 9.15 Å². The highest BCUT2D eigenvalue weighted by atomic mass is 16.5. The van der Waals surface area contributed by atoms with Crippen LogP contribution in [0.5, 0.6) is 5.88 Å². The smallest absolute Gasteiger partial charge is 0.262 e. The highest BCUT2D eigenvalue weighted by Crippen LogP contribution is 2.29. The minimum Gasteiger partial charge on any atom is -0.467 e. The Hall–Kier alpha value is -2.89. The van der Waals surface area contributed by atoms with Crippen LogP contribution < -0.4 is 10.1 Å². The van der Waals surface area contributed by atoms with Gasteiger partial charge < -0.3 is 14.5 Å². The number of aromatic nitrogens is 2. The van der Waals surface area contributed by atoms with Crippen LogP contribution in [0.1, 0.15) is 22.5 Å². The Labute approximate surface area is 139 Å². The zero-order valence-electron chi connectivity index (χ0n) is 14.1. The molecule has 0 bridgehead atoms. The molecule has 1 amide bonds. The fourth-order valence-electron chi connectivity index (χ4n) is 2.58. The average molecular weight is 325 g/mol. The van der Waals surface area contributed by atoms with Crippen molar-refractivity contribution >= 4 is 22.7 Å². The van der Waals surface area contributed by atoms with E-state index in [9.17, 15) is 4.79 Å². The Morgan fingerprint density at radius 2 is 1.88 bits per heavy atom. The molecule has 0 unspecified atom stereocenters. The SMILES string of the molecule is Cc1cccc(C)c1NC(=O)COc1ncnc2oc(C)c(C)c12. The summed E-state index contributed by atoms with van der Waals surface area (Å²) < 4.78 is 11.1. The van der Waals surface area contributed by atoms with E-state index in [0.717, 1.165) is 28.1 Å². The third-order valence-corrected chi connectivity index (χ3v) is 4.02. The number of hydrogen-bond acceptors (Lipinski definition) is 5. The number of ether oxygens (including phenoxy) is 1. The van der Waals surface area contributed by atoms with Crippen LogP contribution in [0, 0.1) is 27.7 Å². The summed E-state index contributed by atoms with van der Waals surface area (Å²) in [5.74, 6) is 0.873. The Bertz CT molecular complexity index is 895. The van der Waals surface area contributed by atoms with E-state index in [1.807, 2.05) is 45.9 Å². The summed E-state index contributed by atoms with van der Waals surface area (Å²) in [5.41, 5.74) is 4.21. The van der Waals surface area contributed by atoms with Gasteiger partial charge in [-0.25, -0.2) is 9.97 Å². The number of nitrogens with zero attached hydrogens (tertiary/aromatic N) is 2. The van der Waals surface area contributed by atoms with E-state index in [-0.39, 0.29) is 12.5 Å². The molecule has 0 saturated heterocycles. The Morgan fingerprint density at radius 3 is 2.58 bits per heavy atom. The number of rotatable bonds is 4. The predicted molar refractivity (Wildman–Crippen MR) is 91.3 cm³/mol. The fourth-order valence-corrected chi connectivity index (χ4v) is 2.58. The van der Waals surface area contributed by atoms with Gasteiger partial charge in [0.15, 0.2) is 6.61 Å². The van der Waals surface area contributed by atoms with Crippen LogP contribution in [0.4, 0.5) is 5.69 Å². The van der Waals surface area contributed by atoms with Gasteiger partial charge in [-0.1, -0.05) is 18.2 Å². The number of hydrogen-bond donors (Lipinski definition) is 1. The number of benzene rings is 1. The molecule has 0 aliphatic heterocycles. The Morgan fingerprint density at radius 1 is 1.17 bits per heavy atom. The summed E-state index contributed by atoms with van der Waals surface area (Å²) in [6.45, 7) is 7.54. The second-order valence-electron chi connectivity index (χ2n) is 5.75. The topological polar surface area (TPSA) is 77.2 Å². The largest absolute Gasteiger partial charge is 0.467 e. The second kappa shape index (κ2) is 6.31. The van der Waals surface area contributed by atoms with Crippen molar-refractivity contribution in [1.29, 1.82) is 0 Å². The number of para-hydroxylation sites is 1. The molecule has 6 heteroatoms. The van der Waals surface area contributed by atoms with E-state index in [0.29, 0.717) is 17.0 Å². The first-order valence-electron chi connectivity index (χ1n) is 7.67. The molecule has 0 fully saturated rings. The van der Waals surface area contributed by atoms with Gasteiger partial charge in [-0.05, 0) is 38.8 Å². The molecular formula is C18H19N3O3. The molecule has 0 spiro atoms. The maximum atomic E-state index is 12.2. The van der Waals surface area contributed by atoms with E-state index >= 15 is 0 Å². The number of nitrogens with one attached hydrogen (secondary N) is 1. The lowest BCUT2D eigenvalue weighted by molar-refractivity contribution is -0.118. The lowest BCUT2D eigenvalue weighted by Crippen LogP contribution is -2.21. The number of fused-ring (bicyclic) bond motifs is 1. The third kappa shape index (κ3) is 2.95. The van der Waals surface area contributed by atoms with E-state index in [2.05, 4.69) is 15.3 Å². The van der Waals surface area contributed by atoms with Crippen LogP contribution in [-0.4, -0.2) is 22.5 Å². The number of amides is 1. The van der Waals surface area contributed by atoms with E-state index in [1.165, 1.54) is 6.33 Å². The molecule has 124 valence electrons. The minimum atomic E-state index is -0.239. The van der Waals surface area contributed by atoms with Gasteiger partial charge in [0, 0.05) is 11.3 Å². The number of anilines is 1. The van der Waals surface area contributed by atoms with E-state index < -0.39 is 0 Å². The molecule has 2 heterocycles. The van der Waals surface area contributed by atoms with Gasteiger partial charge in [0.05, 0.1) is 0 Å². The number of aryl methyl sites for hydroxylation is 4. The van der Waals surface area contributed by atoms with Crippen molar-refractivity contribution in [2.45, 2.75) is 27.7 Å². The molecule has 3 rings (SSSR count). The fraction of sp³-hybridized carbons (Fsp3) is 0.278. The van der Waals surface area contributed by atoms with Crippen molar-refractivity contribution in [2.75, 3.05) is 11.9 Å². The molecule has 2 aromatic heterocycles. The van der Waals surface area contributed by atoms with Crippen molar-refractivity contribution in [3.8, 4) is 5.88 Å². The van der Waals surface area contributed by atoms with Crippen LogP contribution in [0.2, 0.25) is 0 Å². The predicted octanol–water partition coefficient (Wildman–Crippen LogP) is 3.47. The molecule has 1 N–H and O–H groups in total. The van der Waals surface area contributed by atoms with Gasteiger partial charge in [0.1, 0.15) is 17.5 Å². The van der Waals surface area contributed by atoms with Gasteiger partial charge in [0.25, 0.3) is 5.91 Å². The number of carbonyl (C=O) groups is 1. The molecule has 0 saturated carbocycles. The standard InChI is InChI=1S/C18H19N3O3/c1-10-6-5-7-11(2)16(10)21-14(22)8-23-17-15-12(3)13(4)24-18(15)20-9-19-17/h5-7,9H,8H2,1-4H3,(H,21,22). The Kier molecular flexibility index (Phi) is 4.20. The molecular weight excluding hydrogens is 306 g/mol. The maximum Gasteiger partial charge on any atom is 0.262 e. The quantitative estimate of drug-likeness (QED) is 0.794. The van der Waals surface area contributed by atoms with Crippen LogP contribution in [0.3, 0.4) is 0 Å². The van der Waals surface area contributed by atoms with Gasteiger partial charge in [-0.2, -0.15) is 0 Å². The van der Waals surface area contributed by atoms with Crippen molar-refractivity contribution in [1.82, 2.24) is 9.97 Å². The summed E-state index contributed by atoms with van der Waals surface area (Å²) in [6, 6.07) is 5.86. The van der Waals surface area contributed by atoms with Gasteiger partial charge in [0.2, 0.25) is 11.6 Å². The molecule has 0 aliphatic rings. The second-order valence-corrected chi connectivity index (χ2v) is 5.75.